The molecule has 3 nitrogen and oxygen atoms in total. The van der Waals surface area contributed by atoms with Gasteiger partial charge in [-0.15, -0.1) is 0 Å². The maximum atomic E-state index is 5.73. The molecule has 0 radical (unpaired) electrons. The minimum absolute atomic E-state index is 0.583. The highest BCUT2D eigenvalue weighted by Crippen LogP contribution is 2.14. The zero-order valence-corrected chi connectivity index (χ0v) is 13.1. The van der Waals surface area contributed by atoms with Gasteiger partial charge in [0.15, 0.2) is 0 Å². The average molecular weight is 287 g/mol. The van der Waals surface area contributed by atoms with E-state index in [1.165, 1.54) is 5.56 Å². The van der Waals surface area contributed by atoms with Crippen LogP contribution in [0.25, 0.3) is 0 Å². The summed E-state index contributed by atoms with van der Waals surface area (Å²) in [5.74, 6) is 0.912. The molecular weight excluding hydrogens is 262 g/mol. The van der Waals surface area contributed by atoms with Gasteiger partial charge in [-0.05, 0) is 35.2 Å². The number of aryl methyl sites for hydroxylation is 1. The fourth-order valence-electron chi connectivity index (χ4n) is 1.76. The number of nitrogens with two attached hydrogens (primary N) is 1. The molecule has 0 fully saturated rings. The van der Waals surface area contributed by atoms with Crippen LogP contribution in [0.15, 0.2) is 48.5 Å². The lowest BCUT2D eigenvalue weighted by Crippen LogP contribution is -1.98. The first kappa shape index (κ1) is 17.2. The van der Waals surface area contributed by atoms with E-state index >= 15 is 0 Å². The SMILES string of the molecule is CCc1ccc(OCc2ccc(CN)cc2)cc1.COC. The van der Waals surface area contributed by atoms with Crippen molar-refractivity contribution in [1.29, 1.82) is 0 Å². The molecule has 0 heterocycles. The van der Waals surface area contributed by atoms with Crippen LogP contribution in [0.2, 0.25) is 0 Å². The third-order valence-corrected chi connectivity index (χ3v) is 3.00. The largest absolute Gasteiger partial charge is 0.489 e. The summed E-state index contributed by atoms with van der Waals surface area (Å²) >= 11 is 0. The van der Waals surface area contributed by atoms with Crippen molar-refractivity contribution in [2.75, 3.05) is 14.2 Å². The van der Waals surface area contributed by atoms with Crippen molar-refractivity contribution in [3.63, 3.8) is 0 Å². The number of rotatable bonds is 5. The van der Waals surface area contributed by atoms with Crippen LogP contribution in [-0.2, 0) is 24.3 Å². The van der Waals surface area contributed by atoms with Crippen LogP contribution in [0.4, 0.5) is 0 Å². The summed E-state index contributed by atoms with van der Waals surface area (Å²) < 4.78 is 9.98. The predicted molar refractivity (Wildman–Crippen MR) is 87.4 cm³/mol. The van der Waals surface area contributed by atoms with Crippen LogP contribution in [0, 0.1) is 0 Å². The first-order valence-electron chi connectivity index (χ1n) is 7.13. The van der Waals surface area contributed by atoms with E-state index in [9.17, 15) is 0 Å². The van der Waals surface area contributed by atoms with Crippen molar-refractivity contribution in [2.45, 2.75) is 26.5 Å². The van der Waals surface area contributed by atoms with Crippen LogP contribution in [0.1, 0.15) is 23.6 Å². The molecule has 0 bridgehead atoms. The molecule has 0 unspecified atom stereocenters. The van der Waals surface area contributed by atoms with Gasteiger partial charge in [0.05, 0.1) is 0 Å². The van der Waals surface area contributed by atoms with Gasteiger partial charge in [0.1, 0.15) is 12.4 Å². The lowest BCUT2D eigenvalue weighted by atomic mass is 10.1. The van der Waals surface area contributed by atoms with Gasteiger partial charge < -0.3 is 15.2 Å². The smallest absolute Gasteiger partial charge is 0.119 e. The number of ether oxygens (including phenoxy) is 2. The topological polar surface area (TPSA) is 44.5 Å². The zero-order valence-electron chi connectivity index (χ0n) is 13.1. The Morgan fingerprint density at radius 3 is 1.76 bits per heavy atom. The third kappa shape index (κ3) is 6.43. The maximum absolute atomic E-state index is 5.73. The summed E-state index contributed by atoms with van der Waals surface area (Å²) in [4.78, 5) is 0. The van der Waals surface area contributed by atoms with Crippen LogP contribution < -0.4 is 10.5 Å². The Hall–Kier alpha value is -1.84. The molecule has 2 rings (SSSR count). The van der Waals surface area contributed by atoms with E-state index in [1.807, 2.05) is 24.3 Å². The van der Waals surface area contributed by atoms with E-state index < -0.39 is 0 Å². The molecule has 0 saturated carbocycles. The van der Waals surface area contributed by atoms with Crippen LogP contribution >= 0.6 is 0 Å². The van der Waals surface area contributed by atoms with Gasteiger partial charge in [0.2, 0.25) is 0 Å². The average Bonchev–Trinajstić information content (AvgIpc) is 2.54. The molecule has 0 aromatic heterocycles. The lowest BCUT2D eigenvalue weighted by molar-refractivity contribution is 0.277. The second-order valence-electron chi connectivity index (χ2n) is 4.72. The maximum Gasteiger partial charge on any atom is 0.119 e. The Morgan fingerprint density at radius 2 is 1.29 bits per heavy atom. The fourth-order valence-corrected chi connectivity index (χ4v) is 1.76. The first-order chi connectivity index (χ1) is 10.2. The second kappa shape index (κ2) is 9.97. The second-order valence-corrected chi connectivity index (χ2v) is 4.72. The van der Waals surface area contributed by atoms with Gasteiger partial charge >= 0.3 is 0 Å². The molecule has 0 spiro atoms. The van der Waals surface area contributed by atoms with E-state index in [4.69, 9.17) is 10.5 Å². The summed E-state index contributed by atoms with van der Waals surface area (Å²) in [5, 5.41) is 0. The molecule has 0 aliphatic heterocycles. The highest BCUT2D eigenvalue weighted by Gasteiger charge is 1.97. The number of methoxy groups -OCH3 is 1. The summed E-state index contributed by atoms with van der Waals surface area (Å²) in [5.41, 5.74) is 9.19. The summed E-state index contributed by atoms with van der Waals surface area (Å²) in [6, 6.07) is 16.4. The van der Waals surface area contributed by atoms with Crippen molar-refractivity contribution in [3.8, 4) is 5.75 Å². The minimum atomic E-state index is 0.583. The normalized spacial score (nSPS) is 9.71. The van der Waals surface area contributed by atoms with Gasteiger partial charge in [-0.25, -0.2) is 0 Å². The van der Waals surface area contributed by atoms with Crippen LogP contribution in [0.5, 0.6) is 5.75 Å². The van der Waals surface area contributed by atoms with E-state index in [0.717, 1.165) is 23.3 Å². The summed E-state index contributed by atoms with van der Waals surface area (Å²) in [6.07, 6.45) is 1.06. The number of hydrogen-bond donors (Lipinski definition) is 1. The Balaban J connectivity index is 0.000000677. The lowest BCUT2D eigenvalue weighted by Gasteiger charge is -2.07. The molecule has 2 aromatic rings. The van der Waals surface area contributed by atoms with E-state index in [-0.39, 0.29) is 0 Å². The van der Waals surface area contributed by atoms with Crippen molar-refractivity contribution in [2.24, 2.45) is 5.73 Å². The van der Waals surface area contributed by atoms with Gasteiger partial charge in [0, 0.05) is 20.8 Å². The monoisotopic (exact) mass is 287 g/mol. The molecular formula is C18H25NO2. The van der Waals surface area contributed by atoms with Crippen molar-refractivity contribution in [1.82, 2.24) is 0 Å². The summed E-state index contributed by atoms with van der Waals surface area (Å²) in [6.45, 7) is 3.32. The Morgan fingerprint density at radius 1 is 0.810 bits per heavy atom. The Kier molecular flexibility index (Phi) is 8.17. The van der Waals surface area contributed by atoms with Gasteiger partial charge in [-0.2, -0.15) is 0 Å². The molecule has 0 aliphatic carbocycles. The molecule has 21 heavy (non-hydrogen) atoms. The molecule has 0 saturated heterocycles. The number of hydrogen-bond acceptors (Lipinski definition) is 3. The third-order valence-electron chi connectivity index (χ3n) is 3.00. The minimum Gasteiger partial charge on any atom is -0.489 e. The highest BCUT2D eigenvalue weighted by molar-refractivity contribution is 5.28. The quantitative estimate of drug-likeness (QED) is 0.914. The fraction of sp³-hybridized carbons (Fsp3) is 0.333. The van der Waals surface area contributed by atoms with E-state index in [0.29, 0.717) is 13.2 Å². The Labute approximate surface area is 127 Å². The van der Waals surface area contributed by atoms with Crippen molar-refractivity contribution < 1.29 is 9.47 Å². The summed E-state index contributed by atoms with van der Waals surface area (Å²) in [7, 11) is 3.25. The molecule has 2 aromatic carbocycles. The van der Waals surface area contributed by atoms with Crippen LogP contribution in [0.3, 0.4) is 0 Å². The molecule has 0 amide bonds. The van der Waals surface area contributed by atoms with Crippen molar-refractivity contribution in [3.05, 3.63) is 65.2 Å². The predicted octanol–water partition coefficient (Wildman–Crippen LogP) is 3.55. The van der Waals surface area contributed by atoms with Gasteiger partial charge in [-0.3, -0.25) is 0 Å². The van der Waals surface area contributed by atoms with Gasteiger partial charge in [-0.1, -0.05) is 43.3 Å². The highest BCUT2D eigenvalue weighted by atomic mass is 16.5. The zero-order chi connectivity index (χ0) is 15.5. The van der Waals surface area contributed by atoms with Gasteiger partial charge in [0.25, 0.3) is 0 Å². The molecule has 0 aliphatic rings. The van der Waals surface area contributed by atoms with Crippen molar-refractivity contribution >= 4 is 0 Å². The number of benzene rings is 2. The van der Waals surface area contributed by atoms with E-state index in [2.05, 4.69) is 35.9 Å². The molecule has 0 atom stereocenters. The molecule has 2 N–H and O–H groups in total. The molecule has 3 heteroatoms. The first-order valence-corrected chi connectivity index (χ1v) is 7.13. The molecule has 114 valence electrons. The standard InChI is InChI=1S/C16H19NO.C2H6O/c1-2-13-7-9-16(10-8-13)18-12-15-5-3-14(11-17)4-6-15;1-3-2/h3-10H,2,11-12,17H2,1H3;1-2H3. The Bertz CT molecular complexity index is 444. The van der Waals surface area contributed by atoms with Crippen LogP contribution in [-0.4, -0.2) is 14.2 Å². The van der Waals surface area contributed by atoms with E-state index in [1.54, 1.807) is 14.2 Å².